The molecule has 2 unspecified atom stereocenters. The fraction of sp³-hybridized carbons (Fsp3) is 0.765. The molecule has 1 fully saturated rings. The number of aryl methyl sites for hydroxylation is 1. The Morgan fingerprint density at radius 3 is 2.91 bits per heavy atom. The van der Waals surface area contributed by atoms with Gasteiger partial charge in [-0.3, -0.25) is 0 Å². The quantitative estimate of drug-likeness (QED) is 0.888. The third-order valence-corrected chi connectivity index (χ3v) is 5.23. The molecule has 1 amide bonds. The van der Waals surface area contributed by atoms with Gasteiger partial charge in [0.25, 0.3) is 0 Å². The summed E-state index contributed by atoms with van der Waals surface area (Å²) < 4.78 is 5.44. The molecule has 1 N–H and O–H groups in total. The zero-order valence-electron chi connectivity index (χ0n) is 14.9. The Labute approximate surface area is 143 Å². The van der Waals surface area contributed by atoms with Gasteiger partial charge in [0.2, 0.25) is 0 Å². The van der Waals surface area contributed by atoms with Gasteiger partial charge in [-0.15, -0.1) is 11.3 Å². The van der Waals surface area contributed by atoms with Gasteiger partial charge >= 0.3 is 6.09 Å². The Hall–Kier alpha value is -1.14. The Balaban J connectivity index is 1.70. The zero-order chi connectivity index (χ0) is 17.0. The molecule has 0 spiro atoms. The first kappa shape index (κ1) is 18.2. The summed E-state index contributed by atoms with van der Waals surface area (Å²) in [6, 6.07) is 0.339. The molecule has 130 valence electrons. The highest BCUT2D eigenvalue weighted by molar-refractivity contribution is 7.09. The third kappa shape index (κ3) is 5.46. The van der Waals surface area contributed by atoms with Crippen LogP contribution in [-0.4, -0.2) is 41.2 Å². The first-order valence-corrected chi connectivity index (χ1v) is 9.25. The Morgan fingerprint density at radius 1 is 1.57 bits per heavy atom. The van der Waals surface area contributed by atoms with Gasteiger partial charge in [-0.1, -0.05) is 0 Å². The Morgan fingerprint density at radius 2 is 2.30 bits per heavy atom. The van der Waals surface area contributed by atoms with Crippen molar-refractivity contribution in [1.29, 1.82) is 0 Å². The summed E-state index contributed by atoms with van der Waals surface area (Å²) in [5, 5.41) is 3.57. The van der Waals surface area contributed by atoms with Crippen LogP contribution in [0.25, 0.3) is 0 Å². The molecule has 1 aromatic rings. The topological polar surface area (TPSA) is 54.5 Å². The predicted molar refractivity (Wildman–Crippen MR) is 93.8 cm³/mol. The van der Waals surface area contributed by atoms with Gasteiger partial charge in [-0.05, 0) is 59.9 Å². The van der Waals surface area contributed by atoms with E-state index in [2.05, 4.69) is 24.1 Å². The van der Waals surface area contributed by atoms with Crippen molar-refractivity contribution in [3.8, 4) is 0 Å². The van der Waals surface area contributed by atoms with E-state index in [-0.39, 0.29) is 6.09 Å². The number of nitrogens with zero attached hydrogens (tertiary/aromatic N) is 2. The summed E-state index contributed by atoms with van der Waals surface area (Å²) in [5.74, 6) is 0.560. The molecule has 5 nitrogen and oxygen atoms in total. The minimum Gasteiger partial charge on any atom is -0.444 e. The number of amides is 1. The summed E-state index contributed by atoms with van der Waals surface area (Å²) in [4.78, 5) is 19.5. The van der Waals surface area contributed by atoms with Crippen molar-refractivity contribution in [2.24, 2.45) is 5.92 Å². The second-order valence-corrected chi connectivity index (χ2v) is 8.23. The van der Waals surface area contributed by atoms with Crippen LogP contribution in [0.1, 0.15) is 57.1 Å². The van der Waals surface area contributed by atoms with Crippen LogP contribution in [0.4, 0.5) is 4.79 Å². The number of hydrogen-bond donors (Lipinski definition) is 1. The molecule has 1 saturated heterocycles. The smallest absolute Gasteiger partial charge is 0.410 e. The minimum absolute atomic E-state index is 0.179. The van der Waals surface area contributed by atoms with E-state index in [9.17, 15) is 4.79 Å². The molecule has 23 heavy (non-hydrogen) atoms. The van der Waals surface area contributed by atoms with Gasteiger partial charge < -0.3 is 15.0 Å². The second kappa shape index (κ2) is 7.62. The monoisotopic (exact) mass is 339 g/mol. The fourth-order valence-corrected chi connectivity index (χ4v) is 3.72. The van der Waals surface area contributed by atoms with Gasteiger partial charge in [0, 0.05) is 24.0 Å². The lowest BCUT2D eigenvalue weighted by molar-refractivity contribution is 0.0287. The lowest BCUT2D eigenvalue weighted by Gasteiger charge is -2.24. The largest absolute Gasteiger partial charge is 0.444 e. The fourth-order valence-electron chi connectivity index (χ4n) is 2.88. The molecule has 6 heteroatoms. The van der Waals surface area contributed by atoms with Gasteiger partial charge in [0.1, 0.15) is 5.60 Å². The number of aromatic nitrogens is 1. The van der Waals surface area contributed by atoms with Crippen LogP contribution in [0.15, 0.2) is 5.51 Å². The maximum atomic E-state index is 12.1. The van der Waals surface area contributed by atoms with E-state index in [1.165, 1.54) is 4.88 Å². The van der Waals surface area contributed by atoms with Crippen molar-refractivity contribution >= 4 is 17.4 Å². The number of hydrogen-bond acceptors (Lipinski definition) is 5. The lowest BCUT2D eigenvalue weighted by atomic mass is 10.0. The molecule has 1 aliphatic rings. The molecular formula is C17H29N3O2S. The van der Waals surface area contributed by atoms with Gasteiger partial charge in [-0.2, -0.15) is 0 Å². The van der Waals surface area contributed by atoms with E-state index < -0.39 is 5.60 Å². The SMILES string of the molecule is Cc1ncsc1C(C)NCCC1CCN(C(=O)OC(C)(C)C)C1. The maximum absolute atomic E-state index is 12.1. The van der Waals surface area contributed by atoms with E-state index >= 15 is 0 Å². The molecule has 2 atom stereocenters. The van der Waals surface area contributed by atoms with Crippen molar-refractivity contribution in [3.05, 3.63) is 16.1 Å². The van der Waals surface area contributed by atoms with Crippen LogP contribution < -0.4 is 5.32 Å². The molecule has 2 rings (SSSR count). The van der Waals surface area contributed by atoms with Crippen LogP contribution >= 0.6 is 11.3 Å². The highest BCUT2D eigenvalue weighted by Crippen LogP contribution is 2.23. The zero-order valence-corrected chi connectivity index (χ0v) is 15.7. The van der Waals surface area contributed by atoms with Crippen LogP contribution in [0.2, 0.25) is 0 Å². The Kier molecular flexibility index (Phi) is 6.03. The second-order valence-electron chi connectivity index (χ2n) is 7.35. The van der Waals surface area contributed by atoms with Crippen LogP contribution in [-0.2, 0) is 4.74 Å². The summed E-state index contributed by atoms with van der Waals surface area (Å²) in [5.41, 5.74) is 2.60. The average Bonchev–Trinajstić information content (AvgIpc) is 3.05. The van der Waals surface area contributed by atoms with E-state index in [1.54, 1.807) is 11.3 Å². The molecule has 1 aliphatic heterocycles. The highest BCUT2D eigenvalue weighted by Gasteiger charge is 2.29. The first-order chi connectivity index (χ1) is 10.8. The van der Waals surface area contributed by atoms with Crippen LogP contribution in [0.3, 0.4) is 0 Å². The number of rotatable bonds is 5. The van der Waals surface area contributed by atoms with E-state index in [1.807, 2.05) is 31.2 Å². The maximum Gasteiger partial charge on any atom is 0.410 e. The minimum atomic E-state index is -0.418. The summed E-state index contributed by atoms with van der Waals surface area (Å²) >= 11 is 1.71. The van der Waals surface area contributed by atoms with Crippen molar-refractivity contribution < 1.29 is 9.53 Å². The molecule has 0 aromatic carbocycles. The molecule has 0 bridgehead atoms. The van der Waals surface area contributed by atoms with Crippen molar-refractivity contribution in [2.45, 2.75) is 59.1 Å². The number of thiazole rings is 1. The molecule has 0 saturated carbocycles. The van der Waals surface area contributed by atoms with Crippen molar-refractivity contribution in [2.75, 3.05) is 19.6 Å². The van der Waals surface area contributed by atoms with E-state index in [0.717, 1.165) is 38.2 Å². The molecule has 0 aliphatic carbocycles. The number of nitrogens with one attached hydrogen (secondary N) is 1. The van der Waals surface area contributed by atoms with Gasteiger partial charge in [0.05, 0.1) is 11.2 Å². The standard InChI is InChI=1S/C17H29N3O2S/c1-12(15-13(2)19-11-23-15)18-8-6-14-7-9-20(10-14)16(21)22-17(3,4)5/h11-12,14,18H,6-10H2,1-5H3. The average molecular weight is 340 g/mol. The summed E-state index contributed by atoms with van der Waals surface area (Å²) in [6.07, 6.45) is 1.97. The van der Waals surface area contributed by atoms with Crippen molar-refractivity contribution in [3.63, 3.8) is 0 Å². The molecule has 1 aromatic heterocycles. The van der Waals surface area contributed by atoms with Crippen molar-refractivity contribution in [1.82, 2.24) is 15.2 Å². The van der Waals surface area contributed by atoms with Crippen LogP contribution in [0, 0.1) is 12.8 Å². The third-order valence-electron chi connectivity index (χ3n) is 4.12. The lowest BCUT2D eigenvalue weighted by Crippen LogP contribution is -2.35. The number of likely N-dealkylation sites (tertiary alicyclic amines) is 1. The normalized spacial score (nSPS) is 19.9. The van der Waals surface area contributed by atoms with E-state index in [0.29, 0.717) is 12.0 Å². The molecule has 2 heterocycles. The number of carbonyl (C=O) groups excluding carboxylic acids is 1. The summed E-state index contributed by atoms with van der Waals surface area (Å²) in [7, 11) is 0. The predicted octanol–water partition coefficient (Wildman–Crippen LogP) is 3.75. The first-order valence-electron chi connectivity index (χ1n) is 8.37. The highest BCUT2D eigenvalue weighted by atomic mass is 32.1. The molecule has 0 radical (unpaired) electrons. The number of ether oxygens (including phenoxy) is 1. The molecular weight excluding hydrogens is 310 g/mol. The van der Waals surface area contributed by atoms with Crippen LogP contribution in [0.5, 0.6) is 0 Å². The Bertz CT molecular complexity index is 524. The summed E-state index contributed by atoms with van der Waals surface area (Å²) in [6.45, 7) is 12.5. The van der Waals surface area contributed by atoms with Gasteiger partial charge in [-0.25, -0.2) is 9.78 Å². The van der Waals surface area contributed by atoms with Gasteiger partial charge in [0.15, 0.2) is 0 Å². The number of carbonyl (C=O) groups is 1. The van der Waals surface area contributed by atoms with E-state index in [4.69, 9.17) is 4.74 Å².